The molecule has 1 unspecified atom stereocenters. The van der Waals surface area contributed by atoms with Gasteiger partial charge in [0.05, 0.1) is 11.7 Å². The fourth-order valence-electron chi connectivity index (χ4n) is 1.93. The Morgan fingerprint density at radius 1 is 1.40 bits per heavy atom. The molecule has 4 nitrogen and oxygen atoms in total. The molecule has 0 spiro atoms. The lowest BCUT2D eigenvalue weighted by Crippen LogP contribution is -2.25. The van der Waals surface area contributed by atoms with Gasteiger partial charge in [0.1, 0.15) is 0 Å². The lowest BCUT2D eigenvalue weighted by atomic mass is 10.2. The molecule has 1 heterocycles. The average Bonchev–Trinajstić information content (AvgIpc) is 2.75. The Bertz CT molecular complexity index is 554. The van der Waals surface area contributed by atoms with E-state index in [0.29, 0.717) is 0 Å². The summed E-state index contributed by atoms with van der Waals surface area (Å²) >= 11 is 8.79. The first-order valence-electron chi connectivity index (χ1n) is 6.28. The third-order valence-corrected chi connectivity index (χ3v) is 4.97. The lowest BCUT2D eigenvalue weighted by Gasteiger charge is -2.17. The Hall–Kier alpha value is -0.370. The van der Waals surface area contributed by atoms with Gasteiger partial charge in [0.2, 0.25) is 0 Å². The number of hydrogen-bond acceptors (Lipinski definition) is 4. The van der Waals surface area contributed by atoms with Crippen molar-refractivity contribution in [2.24, 2.45) is 7.05 Å². The Labute approximate surface area is 140 Å². The summed E-state index contributed by atoms with van der Waals surface area (Å²) < 4.78 is 3.73. The summed E-state index contributed by atoms with van der Waals surface area (Å²) in [5.74, 6) is 0.921. The van der Waals surface area contributed by atoms with Gasteiger partial charge in [-0.2, -0.15) is 0 Å². The van der Waals surface area contributed by atoms with Crippen LogP contribution >= 0.6 is 43.6 Å². The number of thioether (sulfide) groups is 1. The molecule has 0 radical (unpaired) electrons. The van der Waals surface area contributed by atoms with Crippen LogP contribution in [0.25, 0.3) is 0 Å². The molecule has 2 rings (SSSR count). The fraction of sp³-hybridized carbons (Fsp3) is 0.385. The number of hydrogen-bond donors (Lipinski definition) is 1. The van der Waals surface area contributed by atoms with Crippen molar-refractivity contribution >= 4 is 43.6 Å². The first kappa shape index (κ1) is 16.0. The Balaban J connectivity index is 2.10. The fourth-order valence-corrected chi connectivity index (χ4v) is 4.10. The highest BCUT2D eigenvalue weighted by atomic mass is 79.9. The predicted molar refractivity (Wildman–Crippen MR) is 90.0 cm³/mol. The van der Waals surface area contributed by atoms with E-state index < -0.39 is 0 Å². The molecule has 0 saturated carbocycles. The summed E-state index contributed by atoms with van der Waals surface area (Å²) in [6.07, 6.45) is 0. The summed E-state index contributed by atoms with van der Waals surface area (Å²) in [6, 6.07) is 8.54. The van der Waals surface area contributed by atoms with E-state index in [9.17, 15) is 0 Å². The van der Waals surface area contributed by atoms with Crippen molar-refractivity contribution in [3.8, 4) is 0 Å². The molecule has 1 N–H and O–H groups in total. The van der Waals surface area contributed by atoms with E-state index in [1.807, 2.05) is 29.6 Å². The van der Waals surface area contributed by atoms with Gasteiger partial charge < -0.3 is 5.32 Å². The molecule has 0 fully saturated rings. The molecule has 0 bridgehead atoms. The third kappa shape index (κ3) is 4.07. The van der Waals surface area contributed by atoms with Gasteiger partial charge in [-0.1, -0.05) is 34.1 Å². The topological polar surface area (TPSA) is 42.7 Å². The van der Waals surface area contributed by atoms with E-state index in [1.165, 1.54) is 4.90 Å². The Kier molecular flexibility index (Phi) is 6.07. The van der Waals surface area contributed by atoms with Crippen LogP contribution in [-0.2, 0) is 7.05 Å². The largest absolute Gasteiger partial charge is 0.308 e. The number of nitrogens with zero attached hydrogens (tertiary/aromatic N) is 3. The van der Waals surface area contributed by atoms with Crippen molar-refractivity contribution in [3.05, 3.63) is 39.0 Å². The minimum Gasteiger partial charge on any atom is -0.308 e. The quantitative estimate of drug-likeness (QED) is 0.723. The molecule has 20 heavy (non-hydrogen) atoms. The van der Waals surface area contributed by atoms with Crippen LogP contribution in [-0.4, -0.2) is 27.3 Å². The van der Waals surface area contributed by atoms with Gasteiger partial charge in [0.25, 0.3) is 0 Å². The monoisotopic (exact) mass is 418 g/mol. The molecule has 1 atom stereocenters. The molecular formula is C13H16Br2N4S. The molecule has 1 aromatic carbocycles. The molecule has 7 heteroatoms. The summed E-state index contributed by atoms with van der Waals surface area (Å²) in [6.45, 7) is 3.01. The molecule has 0 amide bonds. The van der Waals surface area contributed by atoms with Gasteiger partial charge in [-0.05, 0) is 40.7 Å². The van der Waals surface area contributed by atoms with Crippen LogP contribution in [0, 0.1) is 0 Å². The van der Waals surface area contributed by atoms with Gasteiger partial charge in [0, 0.05) is 22.2 Å². The van der Waals surface area contributed by atoms with Gasteiger partial charge in [0.15, 0.2) is 4.60 Å². The van der Waals surface area contributed by atoms with Crippen LogP contribution in [0.3, 0.4) is 0 Å². The standard InChI is InChI=1S/C13H16Br2N4S/c1-3-16-11(12-13(15)17-18-19(12)2)8-20-10-6-4-5-9(14)7-10/h4-7,11,16H,3,8H2,1-2H3. The van der Waals surface area contributed by atoms with E-state index in [2.05, 4.69) is 72.6 Å². The summed E-state index contributed by atoms with van der Waals surface area (Å²) in [7, 11) is 1.92. The second-order valence-electron chi connectivity index (χ2n) is 4.27. The second kappa shape index (κ2) is 7.59. The summed E-state index contributed by atoms with van der Waals surface area (Å²) in [5, 5.41) is 11.6. The number of benzene rings is 1. The van der Waals surface area contributed by atoms with Gasteiger partial charge in [-0.25, -0.2) is 4.68 Å². The third-order valence-electron chi connectivity index (χ3n) is 2.82. The lowest BCUT2D eigenvalue weighted by molar-refractivity contribution is 0.548. The maximum Gasteiger partial charge on any atom is 0.153 e. The van der Waals surface area contributed by atoms with Gasteiger partial charge in [-0.15, -0.1) is 16.9 Å². The number of halogens is 2. The highest BCUT2D eigenvalue weighted by molar-refractivity contribution is 9.10. The highest BCUT2D eigenvalue weighted by Gasteiger charge is 2.19. The maximum absolute atomic E-state index is 4.06. The van der Waals surface area contributed by atoms with Crippen LogP contribution in [0.2, 0.25) is 0 Å². The Morgan fingerprint density at radius 3 is 2.80 bits per heavy atom. The van der Waals surface area contributed by atoms with E-state index in [0.717, 1.165) is 27.1 Å². The Morgan fingerprint density at radius 2 is 2.20 bits per heavy atom. The van der Waals surface area contributed by atoms with Crippen molar-refractivity contribution in [2.45, 2.75) is 17.9 Å². The molecule has 2 aromatic rings. The minimum atomic E-state index is 0.207. The molecule has 1 aromatic heterocycles. The van der Waals surface area contributed by atoms with Crippen LogP contribution in [0.4, 0.5) is 0 Å². The van der Waals surface area contributed by atoms with Crippen molar-refractivity contribution in [3.63, 3.8) is 0 Å². The summed E-state index contributed by atoms with van der Waals surface area (Å²) in [4.78, 5) is 1.24. The molecular weight excluding hydrogens is 404 g/mol. The number of aromatic nitrogens is 3. The molecule has 0 aliphatic heterocycles. The van der Waals surface area contributed by atoms with Crippen LogP contribution in [0.1, 0.15) is 18.7 Å². The molecule has 0 aliphatic rings. The maximum atomic E-state index is 4.06. The first-order valence-corrected chi connectivity index (χ1v) is 8.85. The van der Waals surface area contributed by atoms with E-state index >= 15 is 0 Å². The van der Waals surface area contributed by atoms with Crippen LogP contribution < -0.4 is 5.32 Å². The molecule has 0 saturated heterocycles. The zero-order chi connectivity index (χ0) is 14.5. The van der Waals surface area contributed by atoms with E-state index in [4.69, 9.17) is 0 Å². The zero-order valence-corrected chi connectivity index (χ0v) is 15.3. The number of nitrogens with one attached hydrogen (secondary N) is 1. The van der Waals surface area contributed by atoms with Crippen molar-refractivity contribution in [1.29, 1.82) is 0 Å². The van der Waals surface area contributed by atoms with Gasteiger partial charge in [-0.3, -0.25) is 0 Å². The minimum absolute atomic E-state index is 0.207. The number of aryl methyl sites for hydroxylation is 1. The highest BCUT2D eigenvalue weighted by Crippen LogP contribution is 2.28. The summed E-state index contributed by atoms with van der Waals surface area (Å²) in [5.41, 5.74) is 1.08. The van der Waals surface area contributed by atoms with E-state index in [1.54, 1.807) is 0 Å². The zero-order valence-electron chi connectivity index (χ0n) is 11.3. The molecule has 0 aliphatic carbocycles. The van der Waals surface area contributed by atoms with Crippen molar-refractivity contribution in [2.75, 3.05) is 12.3 Å². The number of rotatable bonds is 6. The average molecular weight is 420 g/mol. The van der Waals surface area contributed by atoms with Crippen molar-refractivity contribution < 1.29 is 0 Å². The van der Waals surface area contributed by atoms with Crippen LogP contribution in [0.15, 0.2) is 38.2 Å². The normalized spacial score (nSPS) is 12.6. The smallest absolute Gasteiger partial charge is 0.153 e. The van der Waals surface area contributed by atoms with Crippen LogP contribution in [0.5, 0.6) is 0 Å². The van der Waals surface area contributed by atoms with Gasteiger partial charge >= 0.3 is 0 Å². The SMILES string of the molecule is CCNC(CSc1cccc(Br)c1)c1c(Br)nnn1C. The predicted octanol–water partition coefficient (Wildman–Crippen LogP) is 3.78. The van der Waals surface area contributed by atoms with E-state index in [-0.39, 0.29) is 6.04 Å². The van der Waals surface area contributed by atoms with Crippen molar-refractivity contribution in [1.82, 2.24) is 20.3 Å². The molecule has 108 valence electrons. The second-order valence-corrected chi connectivity index (χ2v) is 7.03. The first-order chi connectivity index (χ1) is 9.61.